The van der Waals surface area contributed by atoms with Crippen LogP contribution in [0.4, 0.5) is 0 Å². The van der Waals surface area contributed by atoms with E-state index >= 15 is 0 Å². The lowest BCUT2D eigenvalue weighted by molar-refractivity contribution is -0.178. The van der Waals surface area contributed by atoms with E-state index in [0.29, 0.717) is 24.2 Å². The molecular formula is C19H30O4. The van der Waals surface area contributed by atoms with E-state index in [2.05, 4.69) is 6.92 Å². The molecule has 0 aromatic carbocycles. The van der Waals surface area contributed by atoms with Crippen molar-refractivity contribution in [2.45, 2.75) is 77.1 Å². The molecule has 4 saturated carbocycles. The zero-order valence-electron chi connectivity index (χ0n) is 14.2. The van der Waals surface area contributed by atoms with Crippen molar-refractivity contribution in [2.24, 2.45) is 34.5 Å². The van der Waals surface area contributed by atoms with E-state index in [9.17, 15) is 20.1 Å². The van der Waals surface area contributed by atoms with Gasteiger partial charge in [-0.3, -0.25) is 4.79 Å². The van der Waals surface area contributed by atoms with Gasteiger partial charge < -0.3 is 15.3 Å². The number of hydrogen-bond donors (Lipinski definition) is 3. The van der Waals surface area contributed by atoms with Gasteiger partial charge >= 0.3 is 0 Å². The molecule has 23 heavy (non-hydrogen) atoms. The SMILES string of the molecule is C[C@]12CC[C@@H](O)C[C@@H]1CC[C@H]1[C@H]3[C@@H](O)CC(=O)[C@]3(C)[C@H](O)C[C@H]12. The molecule has 0 bridgehead atoms. The third kappa shape index (κ3) is 1.98. The molecule has 0 heterocycles. The smallest absolute Gasteiger partial charge is 0.144 e. The van der Waals surface area contributed by atoms with Crippen molar-refractivity contribution in [3.8, 4) is 0 Å². The van der Waals surface area contributed by atoms with Gasteiger partial charge in [0.15, 0.2) is 0 Å². The lowest BCUT2D eigenvalue weighted by Crippen LogP contribution is -2.59. The number of Topliss-reactive ketones (excluding diaryl/α,β-unsaturated/α-hetero) is 1. The van der Waals surface area contributed by atoms with Crippen LogP contribution in [0.3, 0.4) is 0 Å². The van der Waals surface area contributed by atoms with Crippen LogP contribution >= 0.6 is 0 Å². The van der Waals surface area contributed by atoms with Crippen LogP contribution in [0.15, 0.2) is 0 Å². The quantitative estimate of drug-likeness (QED) is 0.636. The minimum absolute atomic E-state index is 0.0484. The normalized spacial score (nSPS) is 59.2. The largest absolute Gasteiger partial charge is 0.393 e. The van der Waals surface area contributed by atoms with E-state index in [1.54, 1.807) is 0 Å². The lowest BCUT2D eigenvalue weighted by atomic mass is 9.44. The summed E-state index contributed by atoms with van der Waals surface area (Å²) in [6, 6.07) is 0. The number of ketones is 1. The summed E-state index contributed by atoms with van der Waals surface area (Å²) in [5.41, 5.74) is -0.617. The molecule has 0 saturated heterocycles. The maximum Gasteiger partial charge on any atom is 0.144 e. The average Bonchev–Trinajstić information content (AvgIpc) is 2.73. The number of aliphatic hydroxyl groups excluding tert-OH is 3. The molecule has 0 aromatic rings. The third-order valence-electron chi connectivity index (χ3n) is 8.45. The van der Waals surface area contributed by atoms with Crippen LogP contribution in [0.5, 0.6) is 0 Å². The highest BCUT2D eigenvalue weighted by Gasteiger charge is 2.65. The van der Waals surface area contributed by atoms with Gasteiger partial charge in [-0.2, -0.15) is 0 Å². The molecule has 4 aliphatic rings. The number of hydrogen-bond acceptors (Lipinski definition) is 4. The van der Waals surface area contributed by atoms with E-state index in [-0.39, 0.29) is 29.6 Å². The summed E-state index contributed by atoms with van der Waals surface area (Å²) in [4.78, 5) is 12.5. The lowest BCUT2D eigenvalue weighted by Gasteiger charge is -2.61. The Bertz CT molecular complexity index is 519. The van der Waals surface area contributed by atoms with Gasteiger partial charge in [-0.1, -0.05) is 6.92 Å². The average molecular weight is 322 g/mol. The minimum Gasteiger partial charge on any atom is -0.393 e. The third-order valence-corrected chi connectivity index (χ3v) is 8.45. The van der Waals surface area contributed by atoms with Crippen LogP contribution in [0, 0.1) is 34.5 Å². The van der Waals surface area contributed by atoms with Gasteiger partial charge in [0.25, 0.3) is 0 Å². The Balaban J connectivity index is 1.71. The van der Waals surface area contributed by atoms with Gasteiger partial charge in [-0.15, -0.1) is 0 Å². The van der Waals surface area contributed by atoms with Gasteiger partial charge in [0, 0.05) is 12.3 Å². The molecule has 4 fully saturated rings. The summed E-state index contributed by atoms with van der Waals surface area (Å²) in [5, 5.41) is 31.5. The molecule has 4 rings (SSSR count). The van der Waals surface area contributed by atoms with Crippen molar-refractivity contribution < 1.29 is 20.1 Å². The molecule has 3 N–H and O–H groups in total. The van der Waals surface area contributed by atoms with Crippen LogP contribution in [-0.4, -0.2) is 39.4 Å². The highest BCUT2D eigenvalue weighted by atomic mass is 16.3. The monoisotopic (exact) mass is 322 g/mol. The molecule has 0 spiro atoms. The fraction of sp³-hybridized carbons (Fsp3) is 0.947. The predicted molar refractivity (Wildman–Crippen MR) is 85.5 cm³/mol. The fourth-order valence-corrected chi connectivity index (χ4v) is 7.04. The van der Waals surface area contributed by atoms with Crippen molar-refractivity contribution in [3.63, 3.8) is 0 Å². The zero-order valence-corrected chi connectivity index (χ0v) is 14.2. The maximum absolute atomic E-state index is 12.5. The standard InChI is InChI=1S/C19H30O4/c1-18-6-5-11(20)7-10(18)3-4-12-13(18)8-15(22)19(2)16(23)9-14(21)17(12)19/h10-15,17,20-22H,3-9H2,1-2H3/t10-,11+,12+,13+,14-,15+,17-,18-,19-/m0/s1. The number of carbonyl (C=O) groups is 1. The topological polar surface area (TPSA) is 77.8 Å². The van der Waals surface area contributed by atoms with Crippen LogP contribution in [-0.2, 0) is 4.79 Å². The second-order valence-corrected chi connectivity index (χ2v) is 9.23. The minimum atomic E-state index is -0.752. The van der Waals surface area contributed by atoms with Crippen LogP contribution in [0.1, 0.15) is 58.8 Å². The van der Waals surface area contributed by atoms with Gasteiger partial charge in [-0.25, -0.2) is 0 Å². The molecule has 130 valence electrons. The second kappa shape index (κ2) is 5.03. The first-order chi connectivity index (χ1) is 10.8. The fourth-order valence-electron chi connectivity index (χ4n) is 7.04. The first-order valence-corrected chi connectivity index (χ1v) is 9.36. The molecule has 0 aromatic heterocycles. The molecule has 4 aliphatic carbocycles. The van der Waals surface area contributed by atoms with E-state index in [0.717, 1.165) is 32.1 Å². The predicted octanol–water partition coefficient (Wildman–Crippen LogP) is 1.90. The summed E-state index contributed by atoms with van der Waals surface area (Å²) in [6.45, 7) is 4.22. The van der Waals surface area contributed by atoms with Gasteiger partial charge in [0.05, 0.1) is 23.7 Å². The van der Waals surface area contributed by atoms with Crippen LogP contribution < -0.4 is 0 Å². The summed E-state index contributed by atoms with van der Waals surface area (Å²) in [6.07, 6.45) is 4.30. The molecule has 0 amide bonds. The van der Waals surface area contributed by atoms with E-state index in [4.69, 9.17) is 0 Å². The van der Waals surface area contributed by atoms with Crippen LogP contribution in [0.2, 0.25) is 0 Å². The first kappa shape index (κ1) is 16.0. The number of aliphatic hydroxyl groups is 3. The van der Waals surface area contributed by atoms with Gasteiger partial charge in [-0.05, 0) is 68.6 Å². The summed E-state index contributed by atoms with van der Waals surface area (Å²) in [5.74, 6) is 1.17. The zero-order chi connectivity index (χ0) is 16.6. The van der Waals surface area contributed by atoms with Gasteiger partial charge in [0.2, 0.25) is 0 Å². The highest BCUT2D eigenvalue weighted by Crippen LogP contribution is 2.65. The van der Waals surface area contributed by atoms with E-state index in [1.165, 1.54) is 0 Å². The number of fused-ring (bicyclic) bond motifs is 5. The molecule has 4 heteroatoms. The Kier molecular flexibility index (Phi) is 3.51. The molecular weight excluding hydrogens is 292 g/mol. The van der Waals surface area contributed by atoms with E-state index < -0.39 is 17.6 Å². The van der Waals surface area contributed by atoms with E-state index in [1.807, 2.05) is 6.92 Å². The van der Waals surface area contributed by atoms with Gasteiger partial charge in [0.1, 0.15) is 5.78 Å². The Hall–Kier alpha value is -0.450. The molecule has 4 nitrogen and oxygen atoms in total. The molecule has 9 atom stereocenters. The summed E-state index contributed by atoms with van der Waals surface area (Å²) in [7, 11) is 0. The first-order valence-electron chi connectivity index (χ1n) is 9.36. The van der Waals surface area contributed by atoms with Crippen molar-refractivity contribution >= 4 is 5.78 Å². The van der Waals surface area contributed by atoms with Crippen molar-refractivity contribution in [2.75, 3.05) is 0 Å². The Labute approximate surface area is 138 Å². The van der Waals surface area contributed by atoms with Crippen molar-refractivity contribution in [3.05, 3.63) is 0 Å². The summed E-state index contributed by atoms with van der Waals surface area (Å²) >= 11 is 0. The molecule has 0 unspecified atom stereocenters. The Morgan fingerprint density at radius 2 is 1.78 bits per heavy atom. The van der Waals surface area contributed by atoms with Crippen molar-refractivity contribution in [1.82, 2.24) is 0 Å². The van der Waals surface area contributed by atoms with Crippen LogP contribution in [0.25, 0.3) is 0 Å². The highest BCUT2D eigenvalue weighted by molar-refractivity contribution is 5.88. The number of carbonyl (C=O) groups excluding carboxylic acids is 1. The Morgan fingerprint density at radius 3 is 2.52 bits per heavy atom. The molecule has 0 radical (unpaired) electrons. The Morgan fingerprint density at radius 1 is 1.04 bits per heavy atom. The second-order valence-electron chi connectivity index (χ2n) is 9.23. The maximum atomic E-state index is 12.5. The summed E-state index contributed by atoms with van der Waals surface area (Å²) < 4.78 is 0. The number of rotatable bonds is 0. The van der Waals surface area contributed by atoms with Crippen molar-refractivity contribution in [1.29, 1.82) is 0 Å². The molecule has 0 aliphatic heterocycles.